The molecule has 17 nitrogen and oxygen atoms in total. The Morgan fingerprint density at radius 1 is 0.262 bits per heavy atom. The number of esters is 4. The third kappa shape index (κ3) is 78.0. The summed E-state index contributed by atoms with van der Waals surface area (Å²) in [5.41, 5.74) is 0. The van der Waals surface area contributed by atoms with E-state index >= 15 is 0 Å². The number of hydrogen-bond acceptors (Lipinski definition) is 15. The first kappa shape index (κ1) is 101. The Morgan fingerprint density at radius 3 is 0.660 bits per heavy atom. The van der Waals surface area contributed by atoms with E-state index in [9.17, 15) is 43.2 Å². The van der Waals surface area contributed by atoms with Gasteiger partial charge in [-0.05, 0) is 37.5 Å². The van der Waals surface area contributed by atoms with Gasteiger partial charge in [-0.1, -0.05) is 395 Å². The molecule has 2 unspecified atom stereocenters. The maximum atomic E-state index is 13.1. The van der Waals surface area contributed by atoms with Crippen LogP contribution in [0, 0.1) is 11.8 Å². The molecule has 0 spiro atoms. The lowest BCUT2D eigenvalue weighted by atomic mass is 10.0. The van der Waals surface area contributed by atoms with Crippen LogP contribution in [-0.4, -0.2) is 96.7 Å². The van der Waals surface area contributed by atoms with E-state index in [0.29, 0.717) is 25.7 Å². The quantitative estimate of drug-likeness (QED) is 0.0222. The summed E-state index contributed by atoms with van der Waals surface area (Å²) in [7, 11) is -9.92. The highest BCUT2D eigenvalue weighted by Gasteiger charge is 2.30. The monoisotopic (exact) mass is 1510 g/mol. The van der Waals surface area contributed by atoms with E-state index in [2.05, 4.69) is 41.5 Å². The van der Waals surface area contributed by atoms with Gasteiger partial charge in [-0.15, -0.1) is 0 Å². The van der Waals surface area contributed by atoms with Crippen LogP contribution < -0.4 is 0 Å². The molecule has 5 atom stereocenters. The average molecular weight is 1510 g/mol. The van der Waals surface area contributed by atoms with E-state index in [1.807, 2.05) is 0 Å². The maximum Gasteiger partial charge on any atom is 0.472 e. The minimum absolute atomic E-state index is 0.105. The molecule has 0 saturated carbocycles. The number of carbonyl (C=O) groups excluding carboxylic acids is 4. The SMILES string of the molecule is CCCCCCCCCCCCCCCCCCCCCCCCC(=O)O[C@H](COC(=O)CCCCCCCCCCCCCCCCCCCCC(C)C)COP(=O)(O)OC[C@@H](O)COP(=O)(O)OC[C@@H](COC(=O)CCCCCCCCCC)OC(=O)CCCCCCCCCCCC(C)C. The van der Waals surface area contributed by atoms with Gasteiger partial charge in [0.25, 0.3) is 0 Å². The number of carbonyl (C=O) groups is 4. The Labute approximate surface area is 632 Å². The minimum Gasteiger partial charge on any atom is -0.462 e. The molecule has 0 aliphatic heterocycles. The van der Waals surface area contributed by atoms with E-state index in [-0.39, 0.29) is 25.7 Å². The summed E-state index contributed by atoms with van der Waals surface area (Å²) in [4.78, 5) is 73.0. The lowest BCUT2D eigenvalue weighted by Crippen LogP contribution is -2.30. The highest BCUT2D eigenvalue weighted by atomic mass is 31.2. The molecule has 612 valence electrons. The van der Waals surface area contributed by atoms with Crippen molar-refractivity contribution in [3.63, 3.8) is 0 Å². The second-order valence-electron chi connectivity index (χ2n) is 31.2. The molecule has 0 aromatic carbocycles. The molecule has 0 amide bonds. The number of aliphatic hydroxyl groups excluding tert-OH is 1. The van der Waals surface area contributed by atoms with E-state index < -0.39 is 97.5 Å². The van der Waals surface area contributed by atoms with Crippen molar-refractivity contribution < 1.29 is 80.2 Å². The van der Waals surface area contributed by atoms with Gasteiger partial charge >= 0.3 is 39.5 Å². The molecular weight excluding hydrogens is 1340 g/mol. The first-order chi connectivity index (χ1) is 49.9. The maximum absolute atomic E-state index is 13.1. The average Bonchev–Trinajstić information content (AvgIpc) is 1.01. The Kier molecular flexibility index (Phi) is 74.1. The number of aliphatic hydroxyl groups is 1. The third-order valence-electron chi connectivity index (χ3n) is 19.7. The summed E-state index contributed by atoms with van der Waals surface area (Å²) in [6, 6.07) is 0. The Balaban J connectivity index is 5.16. The number of unbranched alkanes of at least 4 members (excludes halogenated alkanes) is 53. The molecule has 0 saturated heterocycles. The number of phosphoric ester groups is 2. The molecule has 0 aliphatic rings. The molecule has 3 N–H and O–H groups in total. The predicted octanol–water partition coefficient (Wildman–Crippen LogP) is 25.5. The Hall–Kier alpha value is -1.94. The molecule has 0 aliphatic carbocycles. The van der Waals surface area contributed by atoms with Crippen LogP contribution in [0.1, 0.15) is 446 Å². The summed E-state index contributed by atoms with van der Waals surface area (Å²) in [5.74, 6) is -0.551. The van der Waals surface area contributed by atoms with Crippen LogP contribution in [-0.2, 0) is 65.4 Å². The summed E-state index contributed by atoms with van der Waals surface area (Å²) < 4.78 is 68.7. The highest BCUT2D eigenvalue weighted by Crippen LogP contribution is 2.45. The van der Waals surface area contributed by atoms with Crippen molar-refractivity contribution in [3.05, 3.63) is 0 Å². The van der Waals surface area contributed by atoms with Crippen molar-refractivity contribution in [2.45, 2.75) is 464 Å². The van der Waals surface area contributed by atoms with E-state index in [1.54, 1.807) is 0 Å². The molecule has 0 radical (unpaired) electrons. The second-order valence-corrected chi connectivity index (χ2v) is 34.1. The molecule has 0 heterocycles. The van der Waals surface area contributed by atoms with E-state index in [4.69, 9.17) is 37.0 Å². The highest BCUT2D eigenvalue weighted by molar-refractivity contribution is 7.47. The normalized spacial score (nSPS) is 13.9. The topological polar surface area (TPSA) is 237 Å². The molecule has 0 rings (SSSR count). The largest absolute Gasteiger partial charge is 0.472 e. The lowest BCUT2D eigenvalue weighted by molar-refractivity contribution is -0.161. The van der Waals surface area contributed by atoms with Crippen molar-refractivity contribution in [3.8, 4) is 0 Å². The third-order valence-corrected chi connectivity index (χ3v) is 21.6. The standard InChI is InChI=1S/C84H164O17P2/c1-7-9-11-13-15-17-18-19-20-21-22-23-24-25-30-33-36-39-44-50-56-62-68-83(88)100-80(73-95-82(87)67-61-55-49-43-38-35-32-29-27-26-28-31-34-37-41-46-52-58-64-76(3)4)75-99-103(92,93)97-71-78(85)70-96-102(90,91)98-74-79(72-94-81(86)66-60-54-48-16-14-12-10-8-2)101-84(89)69-63-57-51-45-40-42-47-53-59-65-77(5)6/h76-80,85H,7-75H2,1-6H3,(H,90,91)(H,92,93)/t78-,79+,80+/m0/s1. The molecule has 0 bridgehead atoms. The van der Waals surface area contributed by atoms with Crippen LogP contribution in [0.25, 0.3) is 0 Å². The van der Waals surface area contributed by atoms with Crippen LogP contribution in [0.2, 0.25) is 0 Å². The van der Waals surface area contributed by atoms with Crippen LogP contribution in [0.4, 0.5) is 0 Å². The zero-order valence-electron chi connectivity index (χ0n) is 67.6. The van der Waals surface area contributed by atoms with Gasteiger partial charge in [0.1, 0.15) is 19.3 Å². The number of hydrogen-bond donors (Lipinski definition) is 3. The summed E-state index contributed by atoms with van der Waals surface area (Å²) in [5, 5.41) is 10.6. The second kappa shape index (κ2) is 75.5. The van der Waals surface area contributed by atoms with Crippen LogP contribution in [0.3, 0.4) is 0 Å². The molecule has 103 heavy (non-hydrogen) atoms. The molecule has 0 fully saturated rings. The van der Waals surface area contributed by atoms with Gasteiger partial charge in [0.15, 0.2) is 12.2 Å². The first-order valence-corrected chi connectivity index (χ1v) is 46.5. The van der Waals surface area contributed by atoms with E-state index in [0.717, 1.165) is 108 Å². The van der Waals surface area contributed by atoms with Crippen molar-refractivity contribution in [1.82, 2.24) is 0 Å². The van der Waals surface area contributed by atoms with Gasteiger partial charge in [-0.3, -0.25) is 37.3 Å². The summed E-state index contributed by atoms with van der Waals surface area (Å²) >= 11 is 0. The first-order valence-electron chi connectivity index (χ1n) is 43.5. The van der Waals surface area contributed by atoms with Crippen LogP contribution >= 0.6 is 15.6 Å². The Morgan fingerprint density at radius 2 is 0.447 bits per heavy atom. The predicted molar refractivity (Wildman–Crippen MR) is 423 cm³/mol. The Bertz CT molecular complexity index is 1980. The number of phosphoric acid groups is 2. The van der Waals surface area contributed by atoms with Crippen molar-refractivity contribution in [1.29, 1.82) is 0 Å². The van der Waals surface area contributed by atoms with Gasteiger partial charge in [0, 0.05) is 25.7 Å². The lowest BCUT2D eigenvalue weighted by Gasteiger charge is -2.21. The smallest absolute Gasteiger partial charge is 0.462 e. The molecule has 0 aromatic heterocycles. The van der Waals surface area contributed by atoms with E-state index in [1.165, 1.54) is 257 Å². The van der Waals surface area contributed by atoms with Gasteiger partial charge in [-0.2, -0.15) is 0 Å². The fourth-order valence-electron chi connectivity index (χ4n) is 13.1. The zero-order chi connectivity index (χ0) is 75.6. The molecule has 19 heteroatoms. The minimum atomic E-state index is -4.96. The van der Waals surface area contributed by atoms with Gasteiger partial charge in [-0.25, -0.2) is 9.13 Å². The number of rotatable bonds is 83. The van der Waals surface area contributed by atoms with Gasteiger partial charge < -0.3 is 33.8 Å². The van der Waals surface area contributed by atoms with Gasteiger partial charge in [0.05, 0.1) is 26.4 Å². The fourth-order valence-corrected chi connectivity index (χ4v) is 14.6. The van der Waals surface area contributed by atoms with Crippen LogP contribution in [0.5, 0.6) is 0 Å². The number of ether oxygens (including phenoxy) is 4. The van der Waals surface area contributed by atoms with Crippen molar-refractivity contribution in [2.24, 2.45) is 11.8 Å². The van der Waals surface area contributed by atoms with Gasteiger partial charge in [0.2, 0.25) is 0 Å². The van der Waals surface area contributed by atoms with Crippen molar-refractivity contribution in [2.75, 3.05) is 39.6 Å². The fraction of sp³-hybridized carbons (Fsp3) is 0.952. The van der Waals surface area contributed by atoms with Crippen LogP contribution in [0.15, 0.2) is 0 Å². The molecule has 0 aromatic rings. The molecular formula is C84H164O17P2. The summed E-state index contributed by atoms with van der Waals surface area (Å²) in [6.07, 6.45) is 67.0. The van der Waals surface area contributed by atoms with Crippen molar-refractivity contribution >= 4 is 39.5 Å². The summed E-state index contributed by atoms with van der Waals surface area (Å²) in [6.45, 7) is 9.63. The zero-order valence-corrected chi connectivity index (χ0v) is 69.4.